The second kappa shape index (κ2) is 11.4. The number of hydrogen-bond donors (Lipinski definition) is 1. The summed E-state index contributed by atoms with van der Waals surface area (Å²) >= 11 is 6.32. The van der Waals surface area contributed by atoms with Gasteiger partial charge in [0.25, 0.3) is 0 Å². The number of amides is 2. The molecule has 194 valence electrons. The Balaban J connectivity index is 1.74. The molecule has 0 spiro atoms. The van der Waals surface area contributed by atoms with Gasteiger partial charge in [-0.25, -0.2) is 0 Å². The Bertz CT molecular complexity index is 1260. The van der Waals surface area contributed by atoms with Crippen LogP contribution in [0.3, 0.4) is 0 Å². The molecule has 1 saturated heterocycles. The van der Waals surface area contributed by atoms with Crippen molar-refractivity contribution < 1.29 is 28.5 Å². The number of carbonyl (C=O) groups excluding carboxylic acids is 2. The van der Waals surface area contributed by atoms with Crippen molar-refractivity contribution in [2.75, 3.05) is 38.7 Å². The molecular formula is C28H29ClN2O6. The number of halogens is 1. The summed E-state index contributed by atoms with van der Waals surface area (Å²) in [6, 6.07) is 17.3. The highest BCUT2D eigenvalue weighted by Crippen LogP contribution is 2.42. The summed E-state index contributed by atoms with van der Waals surface area (Å²) < 4.78 is 21.3. The molecule has 2 atom stereocenters. The standard InChI is InChI=1S/C28H29ClN2O6/c1-34-19-9-5-17(6-10-19)27-21(13-14-26(32)31(27)18-7-11-20(35-2)12-8-18)28(33)30-23-15-22(29)24(36-3)16-25(23)37-4/h5-12,15-16,21,27H,13-14H2,1-4H3,(H,30,33)/t21-,27+/m1/s1. The van der Waals surface area contributed by atoms with Crippen LogP contribution in [0.5, 0.6) is 23.0 Å². The van der Waals surface area contributed by atoms with Crippen molar-refractivity contribution in [3.8, 4) is 23.0 Å². The molecule has 4 rings (SSSR count). The largest absolute Gasteiger partial charge is 0.497 e. The Morgan fingerprint density at radius 2 is 1.46 bits per heavy atom. The minimum atomic E-state index is -0.557. The van der Waals surface area contributed by atoms with Crippen LogP contribution in [0.1, 0.15) is 24.4 Å². The predicted molar refractivity (Wildman–Crippen MR) is 142 cm³/mol. The zero-order valence-electron chi connectivity index (χ0n) is 21.1. The molecule has 37 heavy (non-hydrogen) atoms. The second-order valence-corrected chi connectivity index (χ2v) is 8.91. The first-order chi connectivity index (χ1) is 17.9. The van der Waals surface area contributed by atoms with Gasteiger partial charge < -0.3 is 29.2 Å². The third kappa shape index (κ3) is 5.44. The van der Waals surface area contributed by atoms with Gasteiger partial charge in [-0.15, -0.1) is 0 Å². The molecule has 0 aliphatic carbocycles. The normalized spacial score (nSPS) is 17.2. The van der Waals surface area contributed by atoms with Crippen molar-refractivity contribution >= 4 is 34.8 Å². The Morgan fingerprint density at radius 1 is 0.865 bits per heavy atom. The highest BCUT2D eigenvalue weighted by Gasteiger charge is 2.41. The molecule has 3 aromatic carbocycles. The summed E-state index contributed by atoms with van der Waals surface area (Å²) in [5.74, 6) is 1.31. The van der Waals surface area contributed by atoms with Crippen LogP contribution in [0.15, 0.2) is 60.7 Å². The molecule has 2 amide bonds. The van der Waals surface area contributed by atoms with Crippen LogP contribution >= 0.6 is 11.6 Å². The summed E-state index contributed by atoms with van der Waals surface area (Å²) in [5.41, 5.74) is 1.90. The lowest BCUT2D eigenvalue weighted by molar-refractivity contribution is -0.125. The first-order valence-corrected chi connectivity index (χ1v) is 12.1. The number of nitrogens with one attached hydrogen (secondary N) is 1. The quantitative estimate of drug-likeness (QED) is 0.419. The molecule has 0 aromatic heterocycles. The van der Waals surface area contributed by atoms with Crippen LogP contribution in [0.4, 0.5) is 11.4 Å². The molecule has 1 aliphatic rings. The summed E-state index contributed by atoms with van der Waals surface area (Å²) in [4.78, 5) is 28.7. The molecule has 0 radical (unpaired) electrons. The van der Waals surface area contributed by atoms with Crippen LogP contribution in [0.2, 0.25) is 5.02 Å². The van der Waals surface area contributed by atoms with Gasteiger partial charge >= 0.3 is 0 Å². The molecule has 9 heteroatoms. The number of benzene rings is 3. The monoisotopic (exact) mass is 524 g/mol. The smallest absolute Gasteiger partial charge is 0.230 e. The van der Waals surface area contributed by atoms with Crippen LogP contribution in [0.25, 0.3) is 0 Å². The maximum absolute atomic E-state index is 13.8. The number of ether oxygens (including phenoxy) is 4. The molecule has 0 unspecified atom stereocenters. The fourth-order valence-electron chi connectivity index (χ4n) is 4.58. The van der Waals surface area contributed by atoms with E-state index in [0.717, 1.165) is 5.56 Å². The van der Waals surface area contributed by atoms with E-state index in [2.05, 4.69) is 5.32 Å². The van der Waals surface area contributed by atoms with E-state index < -0.39 is 12.0 Å². The van der Waals surface area contributed by atoms with Crippen LogP contribution in [-0.2, 0) is 9.59 Å². The van der Waals surface area contributed by atoms with Crippen LogP contribution in [-0.4, -0.2) is 40.3 Å². The van der Waals surface area contributed by atoms with Crippen molar-refractivity contribution in [3.05, 3.63) is 71.2 Å². The Kier molecular flexibility index (Phi) is 8.08. The van der Waals surface area contributed by atoms with Gasteiger partial charge in [0.15, 0.2) is 0 Å². The molecule has 1 fully saturated rings. The van der Waals surface area contributed by atoms with Gasteiger partial charge in [-0.3, -0.25) is 9.59 Å². The first-order valence-electron chi connectivity index (χ1n) is 11.7. The zero-order chi connectivity index (χ0) is 26.5. The van der Waals surface area contributed by atoms with E-state index in [0.29, 0.717) is 45.8 Å². The minimum absolute atomic E-state index is 0.0693. The summed E-state index contributed by atoms with van der Waals surface area (Å²) in [6.07, 6.45) is 0.595. The number of rotatable bonds is 8. The molecule has 8 nitrogen and oxygen atoms in total. The number of anilines is 2. The molecule has 1 N–H and O–H groups in total. The van der Waals surface area contributed by atoms with Crippen molar-refractivity contribution in [2.24, 2.45) is 5.92 Å². The highest BCUT2D eigenvalue weighted by molar-refractivity contribution is 6.32. The Labute approximate surface area is 221 Å². The van der Waals surface area contributed by atoms with E-state index in [1.807, 2.05) is 36.4 Å². The first kappa shape index (κ1) is 26.2. The molecule has 0 saturated carbocycles. The third-order valence-electron chi connectivity index (χ3n) is 6.47. The fraction of sp³-hybridized carbons (Fsp3) is 0.286. The van der Waals surface area contributed by atoms with E-state index >= 15 is 0 Å². The highest BCUT2D eigenvalue weighted by atomic mass is 35.5. The van der Waals surface area contributed by atoms with Gasteiger partial charge in [0.05, 0.1) is 51.1 Å². The summed E-state index contributed by atoms with van der Waals surface area (Å²) in [7, 11) is 6.18. The third-order valence-corrected chi connectivity index (χ3v) is 6.77. The van der Waals surface area contributed by atoms with E-state index in [4.69, 9.17) is 30.5 Å². The Morgan fingerprint density at radius 3 is 2.03 bits per heavy atom. The van der Waals surface area contributed by atoms with Gasteiger partial charge in [0.2, 0.25) is 11.8 Å². The lowest BCUT2D eigenvalue weighted by atomic mass is 9.83. The topological polar surface area (TPSA) is 86.3 Å². The molecular weight excluding hydrogens is 496 g/mol. The fourth-order valence-corrected chi connectivity index (χ4v) is 4.82. The number of piperidine rings is 1. The summed E-state index contributed by atoms with van der Waals surface area (Å²) in [6.45, 7) is 0. The SMILES string of the molecule is COc1ccc([C@H]2[C@H](C(=O)Nc3cc(Cl)c(OC)cc3OC)CCC(=O)N2c2ccc(OC)cc2)cc1. The van der Waals surface area contributed by atoms with Gasteiger partial charge in [0, 0.05) is 18.2 Å². The Hall–Kier alpha value is -3.91. The van der Waals surface area contributed by atoms with Gasteiger partial charge in [-0.05, 0) is 54.4 Å². The zero-order valence-corrected chi connectivity index (χ0v) is 21.9. The number of nitrogens with zero attached hydrogens (tertiary/aromatic N) is 1. The van der Waals surface area contributed by atoms with E-state index in [-0.39, 0.29) is 18.2 Å². The minimum Gasteiger partial charge on any atom is -0.497 e. The number of hydrogen-bond acceptors (Lipinski definition) is 6. The van der Waals surface area contributed by atoms with Crippen molar-refractivity contribution in [1.82, 2.24) is 0 Å². The number of methoxy groups -OCH3 is 4. The van der Waals surface area contributed by atoms with E-state index in [1.165, 1.54) is 14.2 Å². The molecule has 0 bridgehead atoms. The maximum atomic E-state index is 13.8. The average Bonchev–Trinajstić information content (AvgIpc) is 2.93. The molecule has 1 heterocycles. The molecule has 3 aromatic rings. The number of carbonyl (C=O) groups is 2. The van der Waals surface area contributed by atoms with Crippen LogP contribution < -0.4 is 29.2 Å². The predicted octanol–water partition coefficient (Wildman–Crippen LogP) is 5.50. The lowest BCUT2D eigenvalue weighted by Gasteiger charge is -2.41. The van der Waals surface area contributed by atoms with Crippen molar-refractivity contribution in [3.63, 3.8) is 0 Å². The average molecular weight is 525 g/mol. The van der Waals surface area contributed by atoms with Crippen molar-refractivity contribution in [2.45, 2.75) is 18.9 Å². The van der Waals surface area contributed by atoms with E-state index in [9.17, 15) is 9.59 Å². The maximum Gasteiger partial charge on any atom is 0.230 e. The van der Waals surface area contributed by atoms with Gasteiger partial charge in [0.1, 0.15) is 23.0 Å². The lowest BCUT2D eigenvalue weighted by Crippen LogP contribution is -2.47. The molecule has 1 aliphatic heterocycles. The van der Waals surface area contributed by atoms with Crippen LogP contribution in [0, 0.1) is 5.92 Å². The van der Waals surface area contributed by atoms with E-state index in [1.54, 1.807) is 43.4 Å². The van der Waals surface area contributed by atoms with Crippen molar-refractivity contribution in [1.29, 1.82) is 0 Å². The second-order valence-electron chi connectivity index (χ2n) is 8.50. The van der Waals surface area contributed by atoms with Gasteiger partial charge in [-0.2, -0.15) is 0 Å². The van der Waals surface area contributed by atoms with Gasteiger partial charge in [-0.1, -0.05) is 23.7 Å². The summed E-state index contributed by atoms with van der Waals surface area (Å²) in [5, 5.41) is 3.30.